The number of nitrogens with one attached hydrogen (secondary N) is 1. The van der Waals surface area contributed by atoms with Crippen LogP contribution in [0.4, 0.5) is 5.69 Å². The third-order valence-electron chi connectivity index (χ3n) is 3.95. The van der Waals surface area contributed by atoms with Crippen LogP contribution in [0.25, 0.3) is 11.0 Å². The fraction of sp³-hybridized carbons (Fsp3) is 0.263. The number of thioether (sulfide) groups is 2. The monoisotopic (exact) mass is 371 g/mol. The van der Waals surface area contributed by atoms with E-state index in [0.717, 1.165) is 33.3 Å². The number of hydrogen-bond acceptors (Lipinski definition) is 4. The van der Waals surface area contributed by atoms with Crippen LogP contribution in [-0.4, -0.2) is 27.0 Å². The maximum absolute atomic E-state index is 12.6. The zero-order valence-corrected chi connectivity index (χ0v) is 16.2. The maximum Gasteiger partial charge on any atom is 0.237 e. The van der Waals surface area contributed by atoms with Gasteiger partial charge in [0, 0.05) is 11.4 Å². The van der Waals surface area contributed by atoms with Gasteiger partial charge in [-0.25, -0.2) is 4.98 Å². The molecule has 1 amide bonds. The number of benzene rings is 2. The number of aromatic nitrogens is 2. The van der Waals surface area contributed by atoms with Crippen LogP contribution in [0.15, 0.2) is 58.6 Å². The SMILES string of the molecule is CCn1c(SC(C)C(=O)Nc2ccccc2SC)nc2ccccc21. The minimum Gasteiger partial charge on any atom is -0.324 e. The van der Waals surface area contributed by atoms with Crippen molar-refractivity contribution < 1.29 is 4.79 Å². The fourth-order valence-electron chi connectivity index (χ4n) is 2.64. The van der Waals surface area contributed by atoms with E-state index in [1.54, 1.807) is 11.8 Å². The second-order valence-corrected chi connectivity index (χ2v) is 7.73. The number of aryl methyl sites for hydroxylation is 1. The summed E-state index contributed by atoms with van der Waals surface area (Å²) >= 11 is 3.12. The van der Waals surface area contributed by atoms with Crippen LogP contribution < -0.4 is 5.32 Å². The van der Waals surface area contributed by atoms with Gasteiger partial charge >= 0.3 is 0 Å². The Hall–Kier alpha value is -1.92. The Balaban J connectivity index is 1.78. The normalized spacial score (nSPS) is 12.3. The van der Waals surface area contributed by atoms with Crippen molar-refractivity contribution in [2.75, 3.05) is 11.6 Å². The molecule has 0 fully saturated rings. The Morgan fingerprint density at radius 2 is 1.92 bits per heavy atom. The molecule has 1 unspecified atom stereocenters. The predicted molar refractivity (Wildman–Crippen MR) is 108 cm³/mol. The second-order valence-electron chi connectivity index (χ2n) is 5.58. The summed E-state index contributed by atoms with van der Waals surface area (Å²) in [4.78, 5) is 18.4. The summed E-state index contributed by atoms with van der Waals surface area (Å²) < 4.78 is 2.15. The first kappa shape index (κ1) is 17.9. The largest absolute Gasteiger partial charge is 0.324 e. The smallest absolute Gasteiger partial charge is 0.237 e. The first-order chi connectivity index (χ1) is 12.1. The molecule has 1 aromatic heterocycles. The first-order valence-electron chi connectivity index (χ1n) is 8.19. The number of nitrogens with zero attached hydrogens (tertiary/aromatic N) is 2. The van der Waals surface area contributed by atoms with E-state index in [1.165, 1.54) is 11.8 Å². The van der Waals surface area contributed by atoms with Gasteiger partial charge in [0.25, 0.3) is 0 Å². The zero-order valence-electron chi connectivity index (χ0n) is 14.5. The number of carbonyl (C=O) groups is 1. The molecular formula is C19H21N3OS2. The highest BCUT2D eigenvalue weighted by atomic mass is 32.2. The van der Waals surface area contributed by atoms with Crippen molar-refractivity contribution in [3.05, 3.63) is 48.5 Å². The average Bonchev–Trinajstić information content (AvgIpc) is 2.99. The van der Waals surface area contributed by atoms with Crippen LogP contribution in [0, 0.1) is 0 Å². The molecule has 0 radical (unpaired) electrons. The van der Waals surface area contributed by atoms with Gasteiger partial charge in [-0.05, 0) is 44.4 Å². The maximum atomic E-state index is 12.6. The lowest BCUT2D eigenvalue weighted by Crippen LogP contribution is -2.23. The molecule has 0 spiro atoms. The Morgan fingerprint density at radius 1 is 1.20 bits per heavy atom. The van der Waals surface area contributed by atoms with E-state index in [9.17, 15) is 4.79 Å². The molecule has 25 heavy (non-hydrogen) atoms. The summed E-state index contributed by atoms with van der Waals surface area (Å²) in [6, 6.07) is 15.9. The van der Waals surface area contributed by atoms with Gasteiger partial charge in [0.1, 0.15) is 0 Å². The molecule has 1 N–H and O–H groups in total. The van der Waals surface area contributed by atoms with Crippen LogP contribution in [-0.2, 0) is 11.3 Å². The van der Waals surface area contributed by atoms with E-state index in [4.69, 9.17) is 0 Å². The third-order valence-corrected chi connectivity index (χ3v) is 5.84. The molecule has 0 bridgehead atoms. The summed E-state index contributed by atoms with van der Waals surface area (Å²) in [5, 5.41) is 3.68. The molecule has 0 aliphatic rings. The summed E-state index contributed by atoms with van der Waals surface area (Å²) in [5.41, 5.74) is 2.93. The highest BCUT2D eigenvalue weighted by molar-refractivity contribution is 8.00. The number of carbonyl (C=O) groups excluding carboxylic acids is 1. The molecule has 0 aliphatic carbocycles. The van der Waals surface area contributed by atoms with E-state index >= 15 is 0 Å². The van der Waals surface area contributed by atoms with E-state index < -0.39 is 0 Å². The molecule has 6 heteroatoms. The van der Waals surface area contributed by atoms with Gasteiger partial charge in [-0.1, -0.05) is 36.0 Å². The van der Waals surface area contributed by atoms with Crippen LogP contribution in [0.1, 0.15) is 13.8 Å². The summed E-state index contributed by atoms with van der Waals surface area (Å²) in [7, 11) is 0. The van der Waals surface area contributed by atoms with Gasteiger partial charge in [0.2, 0.25) is 5.91 Å². The number of hydrogen-bond donors (Lipinski definition) is 1. The zero-order chi connectivity index (χ0) is 17.8. The van der Waals surface area contributed by atoms with Crippen LogP contribution in [0.2, 0.25) is 0 Å². The molecule has 2 aromatic carbocycles. The number of rotatable bonds is 6. The van der Waals surface area contributed by atoms with E-state index in [2.05, 4.69) is 27.9 Å². The van der Waals surface area contributed by atoms with Crippen molar-refractivity contribution in [1.29, 1.82) is 0 Å². The molecule has 1 heterocycles. The van der Waals surface area contributed by atoms with Crippen molar-refractivity contribution in [3.63, 3.8) is 0 Å². The predicted octanol–water partition coefficient (Wildman–Crippen LogP) is 4.90. The van der Waals surface area contributed by atoms with Gasteiger partial charge in [0.05, 0.1) is 22.0 Å². The fourth-order valence-corrected chi connectivity index (χ4v) is 4.18. The van der Waals surface area contributed by atoms with Crippen molar-refractivity contribution in [2.45, 2.75) is 35.7 Å². The molecule has 0 saturated carbocycles. The quantitative estimate of drug-likeness (QED) is 0.626. The highest BCUT2D eigenvalue weighted by Gasteiger charge is 2.19. The number of fused-ring (bicyclic) bond motifs is 1. The topological polar surface area (TPSA) is 46.9 Å². The first-order valence-corrected chi connectivity index (χ1v) is 10.3. The van der Waals surface area contributed by atoms with E-state index in [1.807, 2.05) is 55.6 Å². The number of amides is 1. The standard InChI is InChI=1S/C19H21N3OS2/c1-4-22-16-11-7-5-9-14(16)21-19(22)25-13(2)18(23)20-15-10-6-8-12-17(15)24-3/h5-13H,4H2,1-3H3,(H,20,23). The lowest BCUT2D eigenvalue weighted by Gasteiger charge is -2.14. The summed E-state index contributed by atoms with van der Waals surface area (Å²) in [5.74, 6) is -0.0128. The van der Waals surface area contributed by atoms with Crippen LogP contribution >= 0.6 is 23.5 Å². The summed E-state index contributed by atoms with van der Waals surface area (Å²) in [6.07, 6.45) is 2.01. The molecule has 3 aromatic rings. The average molecular weight is 372 g/mol. The number of anilines is 1. The molecule has 3 rings (SSSR count). The highest BCUT2D eigenvalue weighted by Crippen LogP contribution is 2.29. The van der Waals surface area contributed by atoms with E-state index in [-0.39, 0.29) is 11.2 Å². The summed E-state index contributed by atoms with van der Waals surface area (Å²) in [6.45, 7) is 4.84. The van der Waals surface area contributed by atoms with Crippen LogP contribution in [0.3, 0.4) is 0 Å². The molecular weight excluding hydrogens is 350 g/mol. The molecule has 1 atom stereocenters. The lowest BCUT2D eigenvalue weighted by molar-refractivity contribution is -0.115. The lowest BCUT2D eigenvalue weighted by atomic mass is 10.3. The molecule has 0 saturated heterocycles. The third kappa shape index (κ3) is 3.85. The van der Waals surface area contributed by atoms with Crippen molar-refractivity contribution in [3.8, 4) is 0 Å². The Kier molecular flexibility index (Phi) is 5.71. The van der Waals surface area contributed by atoms with Crippen molar-refractivity contribution in [2.24, 2.45) is 0 Å². The van der Waals surface area contributed by atoms with E-state index in [0.29, 0.717) is 0 Å². The van der Waals surface area contributed by atoms with Gasteiger partial charge in [-0.2, -0.15) is 0 Å². The Bertz CT molecular complexity index is 891. The minimum atomic E-state index is -0.239. The molecule has 130 valence electrons. The second kappa shape index (κ2) is 7.97. The number of imidazole rings is 1. The van der Waals surface area contributed by atoms with Gasteiger partial charge in [-0.3, -0.25) is 4.79 Å². The van der Waals surface area contributed by atoms with Gasteiger partial charge < -0.3 is 9.88 Å². The molecule has 0 aliphatic heterocycles. The van der Waals surface area contributed by atoms with Crippen LogP contribution in [0.5, 0.6) is 0 Å². The minimum absolute atomic E-state index is 0.0128. The Labute approximate surface area is 156 Å². The molecule has 4 nitrogen and oxygen atoms in total. The van der Waals surface area contributed by atoms with Gasteiger partial charge in [0.15, 0.2) is 5.16 Å². The number of para-hydroxylation sites is 3. The van der Waals surface area contributed by atoms with Crippen molar-refractivity contribution in [1.82, 2.24) is 9.55 Å². The Morgan fingerprint density at radius 3 is 2.68 bits per heavy atom. The van der Waals surface area contributed by atoms with Crippen molar-refractivity contribution >= 4 is 46.2 Å². The van der Waals surface area contributed by atoms with Gasteiger partial charge in [-0.15, -0.1) is 11.8 Å².